The summed E-state index contributed by atoms with van der Waals surface area (Å²) >= 11 is 1.27. The summed E-state index contributed by atoms with van der Waals surface area (Å²) in [7, 11) is 0. The predicted octanol–water partition coefficient (Wildman–Crippen LogP) is 4.70. The predicted molar refractivity (Wildman–Crippen MR) is 128 cm³/mol. The van der Waals surface area contributed by atoms with Crippen LogP contribution in [0.3, 0.4) is 0 Å². The van der Waals surface area contributed by atoms with E-state index in [1.54, 1.807) is 18.4 Å². The van der Waals surface area contributed by atoms with Gasteiger partial charge in [0, 0.05) is 10.9 Å². The molecule has 0 aliphatic heterocycles. The number of amides is 2. The molecule has 168 valence electrons. The first-order valence-electron chi connectivity index (χ1n) is 10.4. The molecule has 0 atom stereocenters. The number of para-hydroxylation sites is 1. The fraction of sp³-hybridized carbons (Fsp3) is 0.160. The Hall–Kier alpha value is -3.91. The summed E-state index contributed by atoms with van der Waals surface area (Å²) in [6.07, 6.45) is 1.59. The standard InChI is InChI=1S/C25H23N3O4S/c1-17-20(11-13-31-17)24(30)28-25-27-19(16-33-25)15-23(29)26-12-14-32-22-10-6-5-9-21(22)18-7-3-2-4-8-18/h2-11,13,16H,12,14-15H2,1H3,(H,26,29)(H,27,28,30). The average molecular weight is 462 g/mol. The Balaban J connectivity index is 1.23. The second-order valence-corrected chi connectivity index (χ2v) is 8.08. The number of furan rings is 1. The molecule has 8 heteroatoms. The van der Waals surface area contributed by atoms with Gasteiger partial charge in [0.2, 0.25) is 5.91 Å². The summed E-state index contributed by atoms with van der Waals surface area (Å²) in [4.78, 5) is 28.8. The van der Waals surface area contributed by atoms with Gasteiger partial charge in [0.15, 0.2) is 5.13 Å². The van der Waals surface area contributed by atoms with E-state index < -0.39 is 0 Å². The quantitative estimate of drug-likeness (QED) is 0.352. The van der Waals surface area contributed by atoms with Crippen molar-refractivity contribution in [3.05, 3.63) is 89.3 Å². The summed E-state index contributed by atoms with van der Waals surface area (Å²) in [5.74, 6) is 0.853. The van der Waals surface area contributed by atoms with Crippen LogP contribution >= 0.6 is 11.3 Å². The first kappa shape index (κ1) is 22.3. The third kappa shape index (κ3) is 5.87. The van der Waals surface area contributed by atoms with E-state index in [2.05, 4.69) is 15.6 Å². The van der Waals surface area contributed by atoms with Crippen LogP contribution in [0, 0.1) is 6.92 Å². The van der Waals surface area contributed by atoms with Gasteiger partial charge in [0.05, 0.1) is 30.5 Å². The first-order chi connectivity index (χ1) is 16.1. The number of rotatable bonds is 9. The summed E-state index contributed by atoms with van der Waals surface area (Å²) in [6, 6.07) is 19.4. The van der Waals surface area contributed by atoms with Crippen molar-refractivity contribution in [3.63, 3.8) is 0 Å². The number of ether oxygens (including phenoxy) is 1. The molecule has 33 heavy (non-hydrogen) atoms. The highest BCUT2D eigenvalue weighted by Crippen LogP contribution is 2.29. The number of nitrogens with zero attached hydrogens (tertiary/aromatic N) is 1. The van der Waals surface area contributed by atoms with E-state index in [0.717, 1.165) is 16.9 Å². The van der Waals surface area contributed by atoms with E-state index in [1.165, 1.54) is 17.6 Å². The lowest BCUT2D eigenvalue weighted by Crippen LogP contribution is -2.29. The topological polar surface area (TPSA) is 93.5 Å². The van der Waals surface area contributed by atoms with Crippen LogP contribution in [0.1, 0.15) is 21.8 Å². The summed E-state index contributed by atoms with van der Waals surface area (Å²) in [5.41, 5.74) is 3.13. The maximum Gasteiger partial charge on any atom is 0.260 e. The van der Waals surface area contributed by atoms with Crippen molar-refractivity contribution in [2.45, 2.75) is 13.3 Å². The number of hydrogen-bond acceptors (Lipinski definition) is 6. The van der Waals surface area contributed by atoms with Crippen molar-refractivity contribution >= 4 is 28.3 Å². The van der Waals surface area contributed by atoms with Crippen LogP contribution in [0.2, 0.25) is 0 Å². The molecule has 0 fully saturated rings. The van der Waals surface area contributed by atoms with Crippen molar-refractivity contribution in [2.75, 3.05) is 18.5 Å². The van der Waals surface area contributed by atoms with E-state index in [4.69, 9.17) is 9.15 Å². The molecule has 4 rings (SSSR count). The summed E-state index contributed by atoms with van der Waals surface area (Å²) < 4.78 is 11.0. The Kier molecular flexibility index (Phi) is 7.16. The van der Waals surface area contributed by atoms with Crippen LogP contribution in [-0.4, -0.2) is 29.9 Å². The number of aryl methyl sites for hydroxylation is 1. The van der Waals surface area contributed by atoms with Crippen molar-refractivity contribution in [3.8, 4) is 16.9 Å². The maximum absolute atomic E-state index is 12.3. The molecule has 0 saturated carbocycles. The molecule has 0 aliphatic rings. The fourth-order valence-electron chi connectivity index (χ4n) is 3.26. The zero-order chi connectivity index (χ0) is 23.0. The number of aromatic nitrogens is 1. The van der Waals surface area contributed by atoms with Crippen LogP contribution in [0.5, 0.6) is 5.75 Å². The minimum absolute atomic E-state index is 0.123. The van der Waals surface area contributed by atoms with Gasteiger partial charge in [-0.15, -0.1) is 11.3 Å². The highest BCUT2D eigenvalue weighted by molar-refractivity contribution is 7.14. The van der Waals surface area contributed by atoms with Gasteiger partial charge in [-0.2, -0.15) is 0 Å². The SMILES string of the molecule is Cc1occc1C(=O)Nc1nc(CC(=O)NCCOc2ccccc2-c2ccccc2)cs1. The molecule has 0 aliphatic carbocycles. The number of hydrogen-bond donors (Lipinski definition) is 2. The fourth-order valence-corrected chi connectivity index (χ4v) is 3.96. The third-order valence-corrected chi connectivity index (χ3v) is 5.68. The molecule has 7 nitrogen and oxygen atoms in total. The maximum atomic E-state index is 12.3. The lowest BCUT2D eigenvalue weighted by atomic mass is 10.1. The molecule has 2 N–H and O–H groups in total. The zero-order valence-electron chi connectivity index (χ0n) is 18.0. The molecule has 0 spiro atoms. The number of nitrogens with one attached hydrogen (secondary N) is 2. The van der Waals surface area contributed by atoms with Gasteiger partial charge in [0.25, 0.3) is 5.91 Å². The molecule has 0 saturated heterocycles. The van der Waals surface area contributed by atoms with Gasteiger partial charge < -0.3 is 14.5 Å². The molecule has 0 bridgehead atoms. The second-order valence-electron chi connectivity index (χ2n) is 7.23. The number of benzene rings is 2. The Morgan fingerprint density at radius 1 is 1.06 bits per heavy atom. The van der Waals surface area contributed by atoms with Crippen molar-refractivity contribution < 1.29 is 18.7 Å². The van der Waals surface area contributed by atoms with Gasteiger partial charge in [-0.05, 0) is 24.6 Å². The normalized spacial score (nSPS) is 10.6. The van der Waals surface area contributed by atoms with Crippen LogP contribution in [0.25, 0.3) is 11.1 Å². The van der Waals surface area contributed by atoms with Crippen LogP contribution in [0.15, 0.2) is 76.7 Å². The Morgan fingerprint density at radius 2 is 1.85 bits per heavy atom. The van der Waals surface area contributed by atoms with E-state index in [-0.39, 0.29) is 18.2 Å². The minimum Gasteiger partial charge on any atom is -0.491 e. The van der Waals surface area contributed by atoms with Gasteiger partial charge in [-0.3, -0.25) is 14.9 Å². The summed E-state index contributed by atoms with van der Waals surface area (Å²) in [6.45, 7) is 2.43. The monoisotopic (exact) mass is 461 g/mol. The molecule has 2 heterocycles. The Morgan fingerprint density at radius 3 is 2.64 bits per heavy atom. The average Bonchev–Trinajstić information content (AvgIpc) is 3.46. The van der Waals surface area contributed by atoms with Gasteiger partial charge in [-0.1, -0.05) is 48.5 Å². The van der Waals surface area contributed by atoms with Crippen molar-refractivity contribution in [1.29, 1.82) is 0 Å². The van der Waals surface area contributed by atoms with Crippen molar-refractivity contribution in [1.82, 2.24) is 10.3 Å². The number of carbonyl (C=O) groups excluding carboxylic acids is 2. The lowest BCUT2D eigenvalue weighted by molar-refractivity contribution is -0.120. The number of thiazole rings is 1. The van der Waals surface area contributed by atoms with Crippen LogP contribution < -0.4 is 15.4 Å². The molecule has 2 amide bonds. The molecule has 2 aromatic heterocycles. The van der Waals surface area contributed by atoms with E-state index in [0.29, 0.717) is 35.3 Å². The van der Waals surface area contributed by atoms with E-state index >= 15 is 0 Å². The smallest absolute Gasteiger partial charge is 0.260 e. The molecule has 2 aromatic carbocycles. The minimum atomic E-state index is -0.292. The van der Waals surface area contributed by atoms with Crippen LogP contribution in [-0.2, 0) is 11.2 Å². The lowest BCUT2D eigenvalue weighted by Gasteiger charge is -2.12. The largest absolute Gasteiger partial charge is 0.491 e. The van der Waals surface area contributed by atoms with E-state index in [1.807, 2.05) is 54.6 Å². The highest BCUT2D eigenvalue weighted by Gasteiger charge is 2.14. The highest BCUT2D eigenvalue weighted by atomic mass is 32.1. The number of anilines is 1. The third-order valence-electron chi connectivity index (χ3n) is 4.87. The molecule has 4 aromatic rings. The Bertz CT molecular complexity index is 1230. The Labute approximate surface area is 195 Å². The molecule has 0 radical (unpaired) electrons. The molecular weight excluding hydrogens is 438 g/mol. The molecular formula is C25H23N3O4S. The second kappa shape index (κ2) is 10.6. The van der Waals surface area contributed by atoms with E-state index in [9.17, 15) is 9.59 Å². The van der Waals surface area contributed by atoms with Crippen LogP contribution in [0.4, 0.5) is 5.13 Å². The number of carbonyl (C=O) groups is 2. The first-order valence-corrected chi connectivity index (χ1v) is 11.3. The summed E-state index contributed by atoms with van der Waals surface area (Å²) in [5, 5.41) is 7.75. The van der Waals surface area contributed by atoms with Crippen molar-refractivity contribution in [2.24, 2.45) is 0 Å². The van der Waals surface area contributed by atoms with Gasteiger partial charge >= 0.3 is 0 Å². The van der Waals surface area contributed by atoms with Gasteiger partial charge in [-0.25, -0.2) is 4.98 Å². The zero-order valence-corrected chi connectivity index (χ0v) is 18.9. The molecule has 0 unspecified atom stereocenters. The van der Waals surface area contributed by atoms with Gasteiger partial charge in [0.1, 0.15) is 18.1 Å².